The summed E-state index contributed by atoms with van der Waals surface area (Å²) in [5.74, 6) is -0.309. The summed E-state index contributed by atoms with van der Waals surface area (Å²) in [6.07, 6.45) is 1.64. The van der Waals surface area contributed by atoms with Gasteiger partial charge in [0.2, 0.25) is 5.91 Å². The fraction of sp³-hybridized carbons (Fsp3) is 0.562. The second-order valence-electron chi connectivity index (χ2n) is 6.12. The Morgan fingerprint density at radius 3 is 2.55 bits per heavy atom. The van der Waals surface area contributed by atoms with E-state index in [1.54, 1.807) is 7.11 Å². The van der Waals surface area contributed by atoms with E-state index in [4.69, 9.17) is 10.5 Å². The lowest BCUT2D eigenvalue weighted by molar-refractivity contribution is -0.125. The predicted molar refractivity (Wildman–Crippen MR) is 79.5 cm³/mol. The summed E-state index contributed by atoms with van der Waals surface area (Å²) in [5, 5.41) is 3.33. The van der Waals surface area contributed by atoms with Crippen LogP contribution in [0, 0.1) is 0 Å². The third-order valence-electron chi connectivity index (χ3n) is 4.39. The minimum Gasteiger partial charge on any atom is -0.383 e. The van der Waals surface area contributed by atoms with Crippen molar-refractivity contribution in [3.8, 4) is 0 Å². The van der Waals surface area contributed by atoms with Crippen molar-refractivity contribution >= 4 is 5.91 Å². The summed E-state index contributed by atoms with van der Waals surface area (Å²) in [4.78, 5) is 12.2. The number of rotatable bonds is 5. The Labute approximate surface area is 120 Å². The number of hydrogen-bond donors (Lipinski definition) is 2. The standard InChI is InChI=1S/C16H24N2O2/c1-15(2)8-9-16(14(17)19,18-10-11-20-3)13-7-5-4-6-12(13)15/h4-7,18H,8-11H2,1-3H3,(H2,17,19). The molecule has 1 aliphatic carbocycles. The number of hydrogen-bond acceptors (Lipinski definition) is 3. The molecule has 3 N–H and O–H groups in total. The summed E-state index contributed by atoms with van der Waals surface area (Å²) >= 11 is 0. The van der Waals surface area contributed by atoms with E-state index in [1.165, 1.54) is 5.56 Å². The van der Waals surface area contributed by atoms with Crippen LogP contribution >= 0.6 is 0 Å². The van der Waals surface area contributed by atoms with Crippen LogP contribution < -0.4 is 11.1 Å². The highest BCUT2D eigenvalue weighted by Crippen LogP contribution is 2.44. The van der Waals surface area contributed by atoms with E-state index >= 15 is 0 Å². The Balaban J connectivity index is 2.46. The molecule has 0 saturated carbocycles. The molecule has 1 amide bonds. The summed E-state index contributed by atoms with van der Waals surface area (Å²) in [5.41, 5.74) is 7.26. The van der Waals surface area contributed by atoms with Gasteiger partial charge in [0, 0.05) is 13.7 Å². The van der Waals surface area contributed by atoms with Gasteiger partial charge < -0.3 is 10.5 Å². The molecular weight excluding hydrogens is 252 g/mol. The van der Waals surface area contributed by atoms with Crippen molar-refractivity contribution in [3.05, 3.63) is 35.4 Å². The number of fused-ring (bicyclic) bond motifs is 1. The molecule has 110 valence electrons. The number of carbonyl (C=O) groups is 1. The molecule has 4 nitrogen and oxygen atoms in total. The lowest BCUT2D eigenvalue weighted by Crippen LogP contribution is -2.57. The third-order valence-corrected chi connectivity index (χ3v) is 4.39. The van der Waals surface area contributed by atoms with E-state index in [2.05, 4.69) is 25.2 Å². The van der Waals surface area contributed by atoms with E-state index in [0.29, 0.717) is 13.2 Å². The number of ether oxygens (including phenoxy) is 1. The second kappa shape index (κ2) is 5.54. The van der Waals surface area contributed by atoms with Crippen LogP contribution in [0.15, 0.2) is 24.3 Å². The zero-order valence-electron chi connectivity index (χ0n) is 12.5. The van der Waals surface area contributed by atoms with Gasteiger partial charge in [0.25, 0.3) is 0 Å². The highest BCUT2D eigenvalue weighted by molar-refractivity contribution is 5.87. The lowest BCUT2D eigenvalue weighted by atomic mass is 9.65. The van der Waals surface area contributed by atoms with Crippen molar-refractivity contribution in [2.45, 2.75) is 37.6 Å². The van der Waals surface area contributed by atoms with Gasteiger partial charge in [-0.1, -0.05) is 38.1 Å². The van der Waals surface area contributed by atoms with Gasteiger partial charge in [0.15, 0.2) is 0 Å². The summed E-state index contributed by atoms with van der Waals surface area (Å²) in [7, 11) is 1.65. The Kier molecular flexibility index (Phi) is 4.16. The van der Waals surface area contributed by atoms with Gasteiger partial charge in [-0.15, -0.1) is 0 Å². The monoisotopic (exact) mass is 276 g/mol. The van der Waals surface area contributed by atoms with Crippen LogP contribution in [0.4, 0.5) is 0 Å². The average molecular weight is 276 g/mol. The third kappa shape index (κ3) is 2.45. The maximum Gasteiger partial charge on any atom is 0.242 e. The van der Waals surface area contributed by atoms with Crippen LogP contribution in [0.5, 0.6) is 0 Å². The number of nitrogens with one attached hydrogen (secondary N) is 1. The zero-order chi connectivity index (χ0) is 14.8. The molecule has 1 atom stereocenters. The highest BCUT2D eigenvalue weighted by Gasteiger charge is 2.46. The van der Waals surface area contributed by atoms with Crippen molar-refractivity contribution in [2.75, 3.05) is 20.3 Å². The molecule has 4 heteroatoms. The number of carbonyl (C=O) groups excluding carboxylic acids is 1. The highest BCUT2D eigenvalue weighted by atomic mass is 16.5. The SMILES string of the molecule is COCCNC1(C(N)=O)CCC(C)(C)c2ccccc21. The van der Waals surface area contributed by atoms with Gasteiger partial charge in [-0.3, -0.25) is 10.1 Å². The normalized spacial score (nSPS) is 24.1. The van der Waals surface area contributed by atoms with Gasteiger partial charge in [0.1, 0.15) is 5.54 Å². The summed E-state index contributed by atoms with van der Waals surface area (Å²) < 4.78 is 5.07. The quantitative estimate of drug-likeness (QED) is 0.804. The Morgan fingerprint density at radius 2 is 1.95 bits per heavy atom. The first-order valence-electron chi connectivity index (χ1n) is 7.08. The lowest BCUT2D eigenvalue weighted by Gasteiger charge is -2.44. The summed E-state index contributed by atoms with van der Waals surface area (Å²) in [6, 6.07) is 8.10. The molecule has 0 radical (unpaired) electrons. The molecule has 0 heterocycles. The van der Waals surface area contributed by atoms with Crippen molar-refractivity contribution < 1.29 is 9.53 Å². The number of methoxy groups -OCH3 is 1. The number of amides is 1. The maximum atomic E-state index is 12.2. The molecule has 2 rings (SSSR count). The molecule has 1 aromatic rings. The smallest absolute Gasteiger partial charge is 0.242 e. The van der Waals surface area contributed by atoms with Crippen molar-refractivity contribution in [2.24, 2.45) is 5.73 Å². The first-order valence-corrected chi connectivity index (χ1v) is 7.08. The Bertz CT molecular complexity index is 499. The predicted octanol–water partition coefficient (Wildman–Crippen LogP) is 1.67. The van der Waals surface area contributed by atoms with Crippen molar-refractivity contribution in [1.82, 2.24) is 5.32 Å². The van der Waals surface area contributed by atoms with Crippen LogP contribution in [0.1, 0.15) is 37.8 Å². The molecule has 1 aliphatic rings. The van der Waals surface area contributed by atoms with Gasteiger partial charge >= 0.3 is 0 Å². The fourth-order valence-electron chi connectivity index (χ4n) is 3.11. The van der Waals surface area contributed by atoms with Gasteiger partial charge in [0.05, 0.1) is 6.61 Å². The van der Waals surface area contributed by atoms with Crippen LogP contribution in [0.3, 0.4) is 0 Å². The minimum absolute atomic E-state index is 0.0679. The average Bonchev–Trinajstić information content (AvgIpc) is 2.42. The molecular formula is C16H24N2O2. The van der Waals surface area contributed by atoms with Gasteiger partial charge in [-0.2, -0.15) is 0 Å². The largest absolute Gasteiger partial charge is 0.383 e. The topological polar surface area (TPSA) is 64.3 Å². The molecule has 0 bridgehead atoms. The first-order chi connectivity index (χ1) is 9.44. The van der Waals surface area contributed by atoms with E-state index in [0.717, 1.165) is 18.4 Å². The van der Waals surface area contributed by atoms with Gasteiger partial charge in [-0.05, 0) is 29.4 Å². The molecule has 0 fully saturated rings. The molecule has 0 aromatic heterocycles. The Morgan fingerprint density at radius 1 is 1.30 bits per heavy atom. The van der Waals surface area contributed by atoms with Crippen molar-refractivity contribution in [1.29, 1.82) is 0 Å². The van der Waals surface area contributed by atoms with Crippen LogP contribution in [0.25, 0.3) is 0 Å². The fourth-order valence-corrected chi connectivity index (χ4v) is 3.11. The van der Waals surface area contributed by atoms with E-state index in [1.807, 2.05) is 18.2 Å². The minimum atomic E-state index is -0.773. The van der Waals surface area contributed by atoms with E-state index < -0.39 is 5.54 Å². The van der Waals surface area contributed by atoms with Crippen LogP contribution in [-0.2, 0) is 20.5 Å². The maximum absolute atomic E-state index is 12.2. The zero-order valence-corrected chi connectivity index (χ0v) is 12.5. The van der Waals surface area contributed by atoms with Crippen LogP contribution in [-0.4, -0.2) is 26.2 Å². The van der Waals surface area contributed by atoms with E-state index in [-0.39, 0.29) is 11.3 Å². The summed E-state index contributed by atoms with van der Waals surface area (Å²) in [6.45, 7) is 5.59. The van der Waals surface area contributed by atoms with Crippen LogP contribution in [0.2, 0.25) is 0 Å². The molecule has 0 spiro atoms. The number of primary amides is 1. The molecule has 0 saturated heterocycles. The van der Waals surface area contributed by atoms with E-state index in [9.17, 15) is 4.79 Å². The van der Waals surface area contributed by atoms with Gasteiger partial charge in [-0.25, -0.2) is 0 Å². The number of benzene rings is 1. The first kappa shape index (κ1) is 15.0. The molecule has 0 aliphatic heterocycles. The van der Waals surface area contributed by atoms with Crippen molar-refractivity contribution in [3.63, 3.8) is 0 Å². The molecule has 1 unspecified atom stereocenters. The number of nitrogens with two attached hydrogens (primary N) is 1. The molecule has 20 heavy (non-hydrogen) atoms. The molecule has 1 aromatic carbocycles. The second-order valence-corrected chi connectivity index (χ2v) is 6.12. The Hall–Kier alpha value is -1.39.